The molecule has 0 unspecified atom stereocenters. The summed E-state index contributed by atoms with van der Waals surface area (Å²) in [5, 5.41) is 16.9. The van der Waals surface area contributed by atoms with Crippen LogP contribution < -0.4 is 0 Å². The smallest absolute Gasteiger partial charge is 0.0991 e. The van der Waals surface area contributed by atoms with Crippen LogP contribution in [-0.2, 0) is 0 Å². The molecule has 0 aliphatic heterocycles. The van der Waals surface area contributed by atoms with Gasteiger partial charge in [0.25, 0.3) is 0 Å². The molecule has 16 heavy (non-hydrogen) atoms. The zero-order valence-electron chi connectivity index (χ0n) is 9.23. The number of aryl methyl sites for hydroxylation is 1. The predicted molar refractivity (Wildman–Crippen MR) is 61.7 cm³/mol. The molecular formula is C13H11N3. The maximum absolute atomic E-state index is 8.85. The van der Waals surface area contributed by atoms with Crippen molar-refractivity contribution < 1.29 is 0 Å². The monoisotopic (exact) mass is 209 g/mol. The minimum Gasteiger partial charge on any atom is -0.192 e. The summed E-state index contributed by atoms with van der Waals surface area (Å²) in [5.74, 6) is 0. The summed E-state index contributed by atoms with van der Waals surface area (Å²) in [6, 6.07) is 9.53. The van der Waals surface area contributed by atoms with Crippen molar-refractivity contribution in [2.75, 3.05) is 0 Å². The average molecular weight is 209 g/mol. The van der Waals surface area contributed by atoms with Crippen LogP contribution in [-0.4, -0.2) is 10.2 Å². The molecule has 0 spiro atoms. The largest absolute Gasteiger partial charge is 0.192 e. The van der Waals surface area contributed by atoms with Gasteiger partial charge in [-0.1, -0.05) is 12.1 Å². The van der Waals surface area contributed by atoms with E-state index in [-0.39, 0.29) is 0 Å². The standard InChI is InChI=1S/C13H11N3/c1-9-8-15-16-13(10(9)2)12-5-3-4-11(6-12)7-14/h3-6,8H,1-2H3. The topological polar surface area (TPSA) is 49.6 Å². The Kier molecular flexibility index (Phi) is 2.65. The molecule has 0 aliphatic rings. The van der Waals surface area contributed by atoms with Gasteiger partial charge in [-0.15, -0.1) is 0 Å². The second-order valence-corrected chi connectivity index (χ2v) is 3.69. The van der Waals surface area contributed by atoms with Crippen LogP contribution in [0.5, 0.6) is 0 Å². The number of nitriles is 1. The second kappa shape index (κ2) is 4.11. The highest BCUT2D eigenvalue weighted by atomic mass is 15.1. The number of hydrogen-bond acceptors (Lipinski definition) is 3. The van der Waals surface area contributed by atoms with Gasteiger partial charge in [0, 0.05) is 5.56 Å². The van der Waals surface area contributed by atoms with Gasteiger partial charge in [-0.3, -0.25) is 0 Å². The maximum atomic E-state index is 8.85. The fraction of sp³-hybridized carbons (Fsp3) is 0.154. The molecule has 1 aromatic heterocycles. The van der Waals surface area contributed by atoms with Crippen molar-refractivity contribution in [3.63, 3.8) is 0 Å². The fourth-order valence-electron chi connectivity index (χ4n) is 1.54. The Bertz CT molecular complexity index is 568. The summed E-state index contributed by atoms with van der Waals surface area (Å²) in [4.78, 5) is 0. The zero-order valence-corrected chi connectivity index (χ0v) is 9.23. The van der Waals surface area contributed by atoms with Gasteiger partial charge >= 0.3 is 0 Å². The Labute approximate surface area is 94.4 Å². The predicted octanol–water partition coefficient (Wildman–Crippen LogP) is 2.63. The van der Waals surface area contributed by atoms with E-state index in [9.17, 15) is 0 Å². The van der Waals surface area contributed by atoms with E-state index in [1.807, 2.05) is 32.0 Å². The van der Waals surface area contributed by atoms with Crippen molar-refractivity contribution in [3.8, 4) is 17.3 Å². The molecular weight excluding hydrogens is 198 g/mol. The van der Waals surface area contributed by atoms with Crippen LogP contribution in [0.1, 0.15) is 16.7 Å². The van der Waals surface area contributed by atoms with Crippen molar-refractivity contribution in [2.45, 2.75) is 13.8 Å². The molecule has 0 bridgehead atoms. The Morgan fingerprint density at radius 2 is 2.06 bits per heavy atom. The van der Waals surface area contributed by atoms with Crippen LogP contribution in [0.25, 0.3) is 11.3 Å². The van der Waals surface area contributed by atoms with Gasteiger partial charge in [-0.2, -0.15) is 15.5 Å². The molecule has 78 valence electrons. The highest BCUT2D eigenvalue weighted by molar-refractivity contribution is 5.65. The lowest BCUT2D eigenvalue weighted by Crippen LogP contribution is -1.94. The summed E-state index contributed by atoms with van der Waals surface area (Å²) in [6.45, 7) is 4.01. The first kappa shape index (κ1) is 10.3. The van der Waals surface area contributed by atoms with Gasteiger partial charge < -0.3 is 0 Å². The van der Waals surface area contributed by atoms with Crippen LogP contribution in [0.3, 0.4) is 0 Å². The molecule has 0 amide bonds. The lowest BCUT2D eigenvalue weighted by molar-refractivity contribution is 1.00. The van der Waals surface area contributed by atoms with Crippen LogP contribution >= 0.6 is 0 Å². The number of nitrogens with zero attached hydrogens (tertiary/aromatic N) is 3. The van der Waals surface area contributed by atoms with Crippen molar-refractivity contribution in [1.29, 1.82) is 5.26 Å². The van der Waals surface area contributed by atoms with Gasteiger partial charge in [0.05, 0.1) is 23.5 Å². The van der Waals surface area contributed by atoms with Gasteiger partial charge in [-0.05, 0) is 37.1 Å². The molecule has 1 aromatic carbocycles. The van der Waals surface area contributed by atoms with E-state index in [0.29, 0.717) is 5.56 Å². The van der Waals surface area contributed by atoms with Gasteiger partial charge in [0.1, 0.15) is 0 Å². The number of benzene rings is 1. The number of hydrogen-bond donors (Lipinski definition) is 0. The molecule has 2 rings (SSSR count). The summed E-state index contributed by atoms with van der Waals surface area (Å²) in [5.41, 5.74) is 4.63. The van der Waals surface area contributed by atoms with Crippen LogP contribution in [0.15, 0.2) is 30.5 Å². The van der Waals surface area contributed by atoms with E-state index in [2.05, 4.69) is 16.3 Å². The van der Waals surface area contributed by atoms with Gasteiger partial charge in [0.15, 0.2) is 0 Å². The lowest BCUT2D eigenvalue weighted by atomic mass is 10.0. The molecule has 3 nitrogen and oxygen atoms in total. The summed E-state index contributed by atoms with van der Waals surface area (Å²) < 4.78 is 0. The number of rotatable bonds is 1. The summed E-state index contributed by atoms with van der Waals surface area (Å²) in [7, 11) is 0. The van der Waals surface area contributed by atoms with Crippen LogP contribution in [0, 0.1) is 25.2 Å². The molecule has 0 fully saturated rings. The highest BCUT2D eigenvalue weighted by Crippen LogP contribution is 2.22. The normalized spacial score (nSPS) is 9.81. The zero-order chi connectivity index (χ0) is 11.5. The van der Waals surface area contributed by atoms with E-state index >= 15 is 0 Å². The van der Waals surface area contributed by atoms with E-state index in [1.54, 1.807) is 12.3 Å². The Morgan fingerprint density at radius 1 is 1.25 bits per heavy atom. The Morgan fingerprint density at radius 3 is 2.81 bits per heavy atom. The third-order valence-electron chi connectivity index (χ3n) is 2.62. The minimum atomic E-state index is 0.639. The van der Waals surface area contributed by atoms with Gasteiger partial charge in [-0.25, -0.2) is 0 Å². The highest BCUT2D eigenvalue weighted by Gasteiger charge is 2.06. The Balaban J connectivity index is 2.59. The van der Waals surface area contributed by atoms with E-state index in [1.165, 1.54) is 0 Å². The van der Waals surface area contributed by atoms with Gasteiger partial charge in [0.2, 0.25) is 0 Å². The molecule has 0 aliphatic carbocycles. The minimum absolute atomic E-state index is 0.639. The summed E-state index contributed by atoms with van der Waals surface area (Å²) in [6.07, 6.45) is 1.74. The first-order valence-corrected chi connectivity index (χ1v) is 5.02. The molecule has 1 heterocycles. The average Bonchev–Trinajstić information content (AvgIpc) is 2.33. The SMILES string of the molecule is Cc1cnnc(-c2cccc(C#N)c2)c1C. The van der Waals surface area contributed by atoms with E-state index in [4.69, 9.17) is 5.26 Å². The van der Waals surface area contributed by atoms with E-state index in [0.717, 1.165) is 22.4 Å². The third kappa shape index (κ3) is 1.78. The quantitative estimate of drug-likeness (QED) is 0.725. The van der Waals surface area contributed by atoms with E-state index < -0.39 is 0 Å². The molecule has 0 saturated heterocycles. The summed E-state index contributed by atoms with van der Waals surface area (Å²) >= 11 is 0. The van der Waals surface area contributed by atoms with Crippen molar-refractivity contribution in [1.82, 2.24) is 10.2 Å². The van der Waals surface area contributed by atoms with Crippen molar-refractivity contribution in [3.05, 3.63) is 47.2 Å². The van der Waals surface area contributed by atoms with Crippen molar-refractivity contribution in [2.24, 2.45) is 0 Å². The maximum Gasteiger partial charge on any atom is 0.0991 e. The lowest BCUT2D eigenvalue weighted by Gasteiger charge is -2.06. The first-order chi connectivity index (χ1) is 7.72. The third-order valence-corrected chi connectivity index (χ3v) is 2.62. The molecule has 2 aromatic rings. The first-order valence-electron chi connectivity index (χ1n) is 5.02. The molecule has 0 radical (unpaired) electrons. The Hall–Kier alpha value is -2.21. The molecule has 3 heteroatoms. The van der Waals surface area contributed by atoms with Crippen LogP contribution in [0.4, 0.5) is 0 Å². The fourth-order valence-corrected chi connectivity index (χ4v) is 1.54. The number of aromatic nitrogens is 2. The molecule has 0 saturated carbocycles. The second-order valence-electron chi connectivity index (χ2n) is 3.69. The molecule has 0 atom stereocenters. The van der Waals surface area contributed by atoms with Crippen LogP contribution in [0.2, 0.25) is 0 Å². The van der Waals surface area contributed by atoms with Crippen molar-refractivity contribution >= 4 is 0 Å². The molecule has 0 N–H and O–H groups in total.